The van der Waals surface area contributed by atoms with Crippen molar-refractivity contribution >= 4 is 11.9 Å². The molecule has 4 rings (SSSR count). The largest absolute Gasteiger partial charge is 0.497 e. The standard InChI is InChI=1S/C20H26N4O3/c1-26-17-10-8-14(9-11-17)18-22-20(27-23-18)24-12-4-5-15(13-24)19(25)21-16-6-2-3-7-16/h8-11,15-16H,2-7,12-13H2,1H3,(H,21,25)/t15-/m0/s1. The van der Waals surface area contributed by atoms with Crippen molar-refractivity contribution in [3.05, 3.63) is 24.3 Å². The molecule has 2 aromatic rings. The van der Waals surface area contributed by atoms with Gasteiger partial charge in [0, 0.05) is 24.7 Å². The number of amides is 1. The van der Waals surface area contributed by atoms with Crippen LogP contribution in [-0.4, -0.2) is 42.3 Å². The molecule has 7 nitrogen and oxygen atoms in total. The summed E-state index contributed by atoms with van der Waals surface area (Å²) in [5.41, 5.74) is 0.873. The fourth-order valence-corrected chi connectivity index (χ4v) is 3.96. The number of rotatable bonds is 5. The maximum absolute atomic E-state index is 12.6. The zero-order valence-electron chi connectivity index (χ0n) is 15.7. The molecule has 1 aromatic carbocycles. The normalized spacial score (nSPS) is 20.6. The number of hydrogen-bond acceptors (Lipinski definition) is 6. The second-order valence-electron chi connectivity index (χ2n) is 7.40. The molecule has 0 radical (unpaired) electrons. The molecule has 1 aromatic heterocycles. The second-order valence-corrected chi connectivity index (χ2v) is 7.40. The summed E-state index contributed by atoms with van der Waals surface area (Å²) in [4.78, 5) is 19.2. The van der Waals surface area contributed by atoms with Crippen molar-refractivity contribution in [3.8, 4) is 17.1 Å². The monoisotopic (exact) mass is 370 g/mol. The molecule has 1 aliphatic carbocycles. The lowest BCUT2D eigenvalue weighted by atomic mass is 9.97. The van der Waals surface area contributed by atoms with E-state index < -0.39 is 0 Å². The van der Waals surface area contributed by atoms with Gasteiger partial charge < -0.3 is 19.5 Å². The number of methoxy groups -OCH3 is 1. The highest BCUT2D eigenvalue weighted by molar-refractivity contribution is 5.79. The van der Waals surface area contributed by atoms with E-state index in [2.05, 4.69) is 15.5 Å². The first-order valence-corrected chi connectivity index (χ1v) is 9.76. The van der Waals surface area contributed by atoms with E-state index >= 15 is 0 Å². The Kier molecular flexibility index (Phi) is 5.27. The van der Waals surface area contributed by atoms with Crippen LogP contribution in [-0.2, 0) is 4.79 Å². The van der Waals surface area contributed by atoms with Crippen molar-refractivity contribution in [1.29, 1.82) is 0 Å². The Morgan fingerprint density at radius 3 is 2.70 bits per heavy atom. The van der Waals surface area contributed by atoms with Gasteiger partial charge in [0.15, 0.2) is 0 Å². The smallest absolute Gasteiger partial charge is 0.324 e. The number of aromatic nitrogens is 2. The molecule has 0 unspecified atom stereocenters. The highest BCUT2D eigenvalue weighted by Crippen LogP contribution is 2.26. The van der Waals surface area contributed by atoms with E-state index in [-0.39, 0.29) is 11.8 Å². The SMILES string of the molecule is COc1ccc(-c2noc(N3CCC[C@H](C(=O)NC4CCCC4)C3)n2)cc1. The quantitative estimate of drug-likeness (QED) is 0.871. The van der Waals surface area contributed by atoms with E-state index in [4.69, 9.17) is 9.26 Å². The molecular formula is C20H26N4O3. The first-order valence-electron chi connectivity index (χ1n) is 9.76. The molecule has 0 bridgehead atoms. The van der Waals surface area contributed by atoms with Gasteiger partial charge in [0.05, 0.1) is 13.0 Å². The molecule has 27 heavy (non-hydrogen) atoms. The number of nitrogens with zero attached hydrogens (tertiary/aromatic N) is 3. The zero-order valence-corrected chi connectivity index (χ0v) is 15.7. The van der Waals surface area contributed by atoms with Gasteiger partial charge in [-0.3, -0.25) is 4.79 Å². The van der Waals surface area contributed by atoms with Gasteiger partial charge in [0.2, 0.25) is 11.7 Å². The number of carbonyl (C=O) groups is 1. The topological polar surface area (TPSA) is 80.5 Å². The van der Waals surface area contributed by atoms with E-state index in [1.807, 2.05) is 29.2 Å². The molecular weight excluding hydrogens is 344 g/mol. The highest BCUT2D eigenvalue weighted by atomic mass is 16.5. The summed E-state index contributed by atoms with van der Waals surface area (Å²) < 4.78 is 10.7. The number of anilines is 1. The summed E-state index contributed by atoms with van der Waals surface area (Å²) in [5.74, 6) is 1.48. The third-order valence-corrected chi connectivity index (χ3v) is 5.53. The molecule has 0 spiro atoms. The van der Waals surface area contributed by atoms with Crippen molar-refractivity contribution < 1.29 is 14.1 Å². The van der Waals surface area contributed by atoms with E-state index in [1.54, 1.807) is 7.11 Å². The minimum absolute atomic E-state index is 0.0179. The van der Waals surface area contributed by atoms with Crippen LogP contribution in [0.4, 0.5) is 6.01 Å². The van der Waals surface area contributed by atoms with Gasteiger partial charge in [-0.1, -0.05) is 18.0 Å². The van der Waals surface area contributed by atoms with E-state index in [0.29, 0.717) is 24.4 Å². The fourth-order valence-electron chi connectivity index (χ4n) is 3.96. The van der Waals surface area contributed by atoms with Gasteiger partial charge in [0.25, 0.3) is 0 Å². The number of benzene rings is 1. The number of ether oxygens (including phenoxy) is 1. The van der Waals surface area contributed by atoms with Gasteiger partial charge in [-0.15, -0.1) is 0 Å². The Bertz CT molecular complexity index is 768. The number of piperidine rings is 1. The minimum atomic E-state index is -0.0179. The van der Waals surface area contributed by atoms with E-state index in [1.165, 1.54) is 12.8 Å². The first-order chi connectivity index (χ1) is 13.2. The lowest BCUT2D eigenvalue weighted by Gasteiger charge is -2.31. The summed E-state index contributed by atoms with van der Waals surface area (Å²) in [6.07, 6.45) is 6.52. The molecule has 2 aliphatic rings. The average Bonchev–Trinajstić information content (AvgIpc) is 3.40. The summed E-state index contributed by atoms with van der Waals surface area (Å²) >= 11 is 0. The Hall–Kier alpha value is -2.57. The van der Waals surface area contributed by atoms with Crippen LogP contribution in [0.2, 0.25) is 0 Å². The summed E-state index contributed by atoms with van der Waals surface area (Å²) in [6, 6.07) is 8.39. The molecule has 2 fully saturated rings. The predicted octanol–water partition coefficient (Wildman–Crippen LogP) is 3.02. The fraction of sp³-hybridized carbons (Fsp3) is 0.550. The molecule has 7 heteroatoms. The van der Waals surface area contributed by atoms with Crippen molar-refractivity contribution in [3.63, 3.8) is 0 Å². The van der Waals surface area contributed by atoms with Crippen LogP contribution >= 0.6 is 0 Å². The van der Waals surface area contributed by atoms with Crippen LogP contribution in [0, 0.1) is 5.92 Å². The van der Waals surface area contributed by atoms with Gasteiger partial charge in [-0.05, 0) is 49.9 Å². The van der Waals surface area contributed by atoms with Crippen LogP contribution in [0.1, 0.15) is 38.5 Å². The van der Waals surface area contributed by atoms with Crippen molar-refractivity contribution in [2.75, 3.05) is 25.1 Å². The van der Waals surface area contributed by atoms with Crippen LogP contribution in [0.3, 0.4) is 0 Å². The Balaban J connectivity index is 1.40. The van der Waals surface area contributed by atoms with E-state index in [9.17, 15) is 4.79 Å². The third-order valence-electron chi connectivity index (χ3n) is 5.53. The summed E-state index contributed by atoms with van der Waals surface area (Å²) in [5, 5.41) is 7.32. The minimum Gasteiger partial charge on any atom is -0.497 e. The van der Waals surface area contributed by atoms with Crippen LogP contribution in [0.15, 0.2) is 28.8 Å². The zero-order chi connectivity index (χ0) is 18.6. The van der Waals surface area contributed by atoms with Crippen molar-refractivity contribution in [2.45, 2.75) is 44.6 Å². The molecule has 1 aliphatic heterocycles. The van der Waals surface area contributed by atoms with Crippen molar-refractivity contribution in [1.82, 2.24) is 15.5 Å². The predicted molar refractivity (Wildman–Crippen MR) is 102 cm³/mol. The van der Waals surface area contributed by atoms with Gasteiger partial charge in [0.1, 0.15) is 5.75 Å². The van der Waals surface area contributed by atoms with Crippen LogP contribution < -0.4 is 15.0 Å². The Morgan fingerprint density at radius 2 is 1.96 bits per heavy atom. The molecule has 1 N–H and O–H groups in total. The first kappa shape index (κ1) is 17.8. The van der Waals surface area contributed by atoms with Crippen molar-refractivity contribution in [2.24, 2.45) is 5.92 Å². The highest BCUT2D eigenvalue weighted by Gasteiger charge is 2.30. The summed E-state index contributed by atoms with van der Waals surface area (Å²) in [7, 11) is 1.64. The van der Waals surface area contributed by atoms with Gasteiger partial charge in [-0.25, -0.2) is 0 Å². The van der Waals surface area contributed by atoms with Gasteiger partial charge >= 0.3 is 6.01 Å². The van der Waals surface area contributed by atoms with Crippen LogP contribution in [0.5, 0.6) is 5.75 Å². The Labute approximate surface area is 159 Å². The molecule has 1 saturated carbocycles. The lowest BCUT2D eigenvalue weighted by Crippen LogP contribution is -2.45. The number of nitrogens with one attached hydrogen (secondary N) is 1. The summed E-state index contributed by atoms with van der Waals surface area (Å²) in [6.45, 7) is 1.46. The van der Waals surface area contributed by atoms with E-state index in [0.717, 1.165) is 43.5 Å². The second kappa shape index (κ2) is 7.98. The molecule has 1 saturated heterocycles. The van der Waals surface area contributed by atoms with Crippen LogP contribution in [0.25, 0.3) is 11.4 Å². The Morgan fingerprint density at radius 1 is 1.19 bits per heavy atom. The number of hydrogen-bond donors (Lipinski definition) is 1. The molecule has 1 amide bonds. The maximum Gasteiger partial charge on any atom is 0.324 e. The lowest BCUT2D eigenvalue weighted by molar-refractivity contribution is -0.125. The average molecular weight is 370 g/mol. The van der Waals surface area contributed by atoms with Gasteiger partial charge in [-0.2, -0.15) is 4.98 Å². The number of carbonyl (C=O) groups excluding carboxylic acids is 1. The molecule has 2 heterocycles. The third kappa shape index (κ3) is 4.07. The molecule has 1 atom stereocenters. The maximum atomic E-state index is 12.6. The molecule has 144 valence electrons.